The molecule has 1 N–H and O–H groups in total. The first kappa shape index (κ1) is 18.6. The standard InChI is InChI=1S/C22H17F2N3O2/c1-13-5-4-10-27-12-18(25-21(13)27)14-8-9-19(29-2)17(11-14)26-22(28)20-15(23)6-3-7-16(20)24/h3-12H,1-2H3,(H,26,28). The van der Waals surface area contributed by atoms with E-state index in [2.05, 4.69) is 10.3 Å². The van der Waals surface area contributed by atoms with Crippen LogP contribution in [0.4, 0.5) is 14.5 Å². The number of hydrogen-bond acceptors (Lipinski definition) is 3. The van der Waals surface area contributed by atoms with Gasteiger partial charge in [0.25, 0.3) is 5.91 Å². The predicted molar refractivity (Wildman–Crippen MR) is 106 cm³/mol. The maximum absolute atomic E-state index is 13.9. The highest BCUT2D eigenvalue weighted by Crippen LogP contribution is 2.31. The fourth-order valence-electron chi connectivity index (χ4n) is 3.16. The van der Waals surface area contributed by atoms with Crippen molar-refractivity contribution < 1.29 is 18.3 Å². The number of imidazole rings is 1. The largest absolute Gasteiger partial charge is 0.495 e. The van der Waals surface area contributed by atoms with Gasteiger partial charge in [-0.25, -0.2) is 13.8 Å². The van der Waals surface area contributed by atoms with Crippen molar-refractivity contribution in [3.63, 3.8) is 0 Å². The third-order valence-corrected chi connectivity index (χ3v) is 4.61. The van der Waals surface area contributed by atoms with Gasteiger partial charge in [-0.15, -0.1) is 0 Å². The van der Waals surface area contributed by atoms with Crippen molar-refractivity contribution in [2.45, 2.75) is 6.92 Å². The molecule has 0 aliphatic rings. The summed E-state index contributed by atoms with van der Waals surface area (Å²) in [5, 5.41) is 2.54. The van der Waals surface area contributed by atoms with Crippen molar-refractivity contribution in [1.29, 1.82) is 0 Å². The second kappa shape index (κ2) is 7.35. The van der Waals surface area contributed by atoms with Crippen LogP contribution in [0.1, 0.15) is 15.9 Å². The topological polar surface area (TPSA) is 55.6 Å². The molecule has 0 saturated heterocycles. The van der Waals surface area contributed by atoms with Crippen LogP contribution in [-0.4, -0.2) is 22.4 Å². The first-order chi connectivity index (χ1) is 14.0. The van der Waals surface area contributed by atoms with Crippen LogP contribution < -0.4 is 10.1 Å². The molecule has 0 bridgehead atoms. The lowest BCUT2D eigenvalue weighted by molar-refractivity contribution is 0.101. The molecule has 0 fully saturated rings. The fraction of sp³-hybridized carbons (Fsp3) is 0.0909. The number of nitrogens with one attached hydrogen (secondary N) is 1. The number of fused-ring (bicyclic) bond motifs is 1. The van der Waals surface area contributed by atoms with Crippen LogP contribution in [-0.2, 0) is 0 Å². The lowest BCUT2D eigenvalue weighted by Crippen LogP contribution is -2.16. The van der Waals surface area contributed by atoms with E-state index in [0.29, 0.717) is 11.4 Å². The SMILES string of the molecule is COc1ccc(-c2cn3cccc(C)c3n2)cc1NC(=O)c1c(F)cccc1F. The Morgan fingerprint density at radius 1 is 1.10 bits per heavy atom. The van der Waals surface area contributed by atoms with E-state index in [1.807, 2.05) is 35.9 Å². The molecule has 0 saturated carbocycles. The number of benzene rings is 2. The molecule has 0 aliphatic heterocycles. The summed E-state index contributed by atoms with van der Waals surface area (Å²) in [6.07, 6.45) is 3.76. The average molecular weight is 393 g/mol. The van der Waals surface area contributed by atoms with Crippen molar-refractivity contribution in [2.75, 3.05) is 12.4 Å². The summed E-state index contributed by atoms with van der Waals surface area (Å²) in [6.45, 7) is 1.97. The molecule has 0 radical (unpaired) electrons. The first-order valence-electron chi connectivity index (χ1n) is 8.86. The van der Waals surface area contributed by atoms with Crippen LogP contribution in [0.3, 0.4) is 0 Å². The molecule has 4 aromatic rings. The van der Waals surface area contributed by atoms with Gasteiger partial charge in [-0.3, -0.25) is 4.79 Å². The molecule has 2 aromatic carbocycles. The number of nitrogens with zero attached hydrogens (tertiary/aromatic N) is 2. The second-order valence-corrected chi connectivity index (χ2v) is 6.51. The van der Waals surface area contributed by atoms with E-state index >= 15 is 0 Å². The van der Waals surface area contributed by atoms with Gasteiger partial charge >= 0.3 is 0 Å². The molecule has 29 heavy (non-hydrogen) atoms. The minimum Gasteiger partial charge on any atom is -0.495 e. The van der Waals surface area contributed by atoms with Gasteiger partial charge in [-0.1, -0.05) is 12.1 Å². The Balaban J connectivity index is 1.73. The minimum atomic E-state index is -0.937. The molecular formula is C22H17F2N3O2. The Morgan fingerprint density at radius 3 is 2.55 bits per heavy atom. The number of amides is 1. The second-order valence-electron chi connectivity index (χ2n) is 6.51. The molecular weight excluding hydrogens is 376 g/mol. The van der Waals surface area contributed by atoms with Crippen molar-refractivity contribution in [2.24, 2.45) is 0 Å². The Morgan fingerprint density at radius 2 is 1.86 bits per heavy atom. The summed E-state index contributed by atoms with van der Waals surface area (Å²) < 4.78 is 35.1. The molecule has 1 amide bonds. The molecule has 0 spiro atoms. The number of aryl methyl sites for hydroxylation is 1. The third kappa shape index (κ3) is 3.42. The summed E-state index contributed by atoms with van der Waals surface area (Å²) in [7, 11) is 1.45. The van der Waals surface area contributed by atoms with Gasteiger partial charge < -0.3 is 14.5 Å². The zero-order chi connectivity index (χ0) is 20.5. The number of hydrogen-bond donors (Lipinski definition) is 1. The van der Waals surface area contributed by atoms with Crippen molar-refractivity contribution in [1.82, 2.24) is 9.38 Å². The number of anilines is 1. The normalized spacial score (nSPS) is 10.9. The van der Waals surface area contributed by atoms with Gasteiger partial charge in [0.05, 0.1) is 18.5 Å². The number of halogens is 2. The smallest absolute Gasteiger partial charge is 0.261 e. The van der Waals surface area contributed by atoms with Crippen molar-refractivity contribution in [3.8, 4) is 17.0 Å². The Kier molecular flexibility index (Phi) is 4.72. The molecule has 2 heterocycles. The predicted octanol–water partition coefficient (Wildman–Crippen LogP) is 4.85. The molecule has 2 aromatic heterocycles. The number of carbonyl (C=O) groups excluding carboxylic acids is 1. The summed E-state index contributed by atoms with van der Waals surface area (Å²) in [5.41, 5.74) is 2.88. The summed E-state index contributed by atoms with van der Waals surface area (Å²) in [5.74, 6) is -2.41. The number of aromatic nitrogens is 2. The zero-order valence-electron chi connectivity index (χ0n) is 15.7. The highest BCUT2D eigenvalue weighted by Gasteiger charge is 2.19. The van der Waals surface area contributed by atoms with E-state index in [1.54, 1.807) is 18.2 Å². The van der Waals surface area contributed by atoms with Crippen LogP contribution in [0.5, 0.6) is 5.75 Å². The van der Waals surface area contributed by atoms with E-state index in [-0.39, 0.29) is 5.69 Å². The number of ether oxygens (including phenoxy) is 1. The van der Waals surface area contributed by atoms with E-state index in [4.69, 9.17) is 4.74 Å². The third-order valence-electron chi connectivity index (χ3n) is 4.61. The molecule has 0 unspecified atom stereocenters. The lowest BCUT2D eigenvalue weighted by atomic mass is 10.1. The number of carbonyl (C=O) groups is 1. The summed E-state index contributed by atoms with van der Waals surface area (Å²) in [4.78, 5) is 17.1. The Hall–Kier alpha value is -3.74. The van der Waals surface area contributed by atoms with E-state index < -0.39 is 23.1 Å². The Labute approximate surface area is 165 Å². The van der Waals surface area contributed by atoms with Crippen LogP contribution in [0.15, 0.2) is 60.9 Å². The average Bonchev–Trinajstić information content (AvgIpc) is 3.13. The van der Waals surface area contributed by atoms with Crippen LogP contribution >= 0.6 is 0 Å². The van der Waals surface area contributed by atoms with Gasteiger partial charge in [0.2, 0.25) is 0 Å². The molecule has 7 heteroatoms. The van der Waals surface area contributed by atoms with Gasteiger partial charge in [0.15, 0.2) is 0 Å². The lowest BCUT2D eigenvalue weighted by Gasteiger charge is -2.12. The number of methoxy groups -OCH3 is 1. The monoisotopic (exact) mass is 393 g/mol. The molecule has 5 nitrogen and oxygen atoms in total. The zero-order valence-corrected chi connectivity index (χ0v) is 15.7. The van der Waals surface area contributed by atoms with Gasteiger partial charge in [0.1, 0.15) is 28.6 Å². The number of rotatable bonds is 4. The van der Waals surface area contributed by atoms with E-state index in [0.717, 1.165) is 28.9 Å². The number of pyridine rings is 1. The summed E-state index contributed by atoms with van der Waals surface area (Å²) >= 11 is 0. The van der Waals surface area contributed by atoms with Crippen LogP contribution in [0, 0.1) is 18.6 Å². The maximum atomic E-state index is 13.9. The minimum absolute atomic E-state index is 0.284. The van der Waals surface area contributed by atoms with E-state index in [9.17, 15) is 13.6 Å². The van der Waals surface area contributed by atoms with Crippen LogP contribution in [0.2, 0.25) is 0 Å². The molecule has 0 atom stereocenters. The Bertz CT molecular complexity index is 1210. The molecule has 146 valence electrons. The highest BCUT2D eigenvalue weighted by molar-refractivity contribution is 6.05. The summed E-state index contributed by atoms with van der Waals surface area (Å²) in [6, 6.07) is 12.3. The van der Waals surface area contributed by atoms with Crippen LogP contribution in [0.25, 0.3) is 16.9 Å². The first-order valence-corrected chi connectivity index (χ1v) is 8.86. The quantitative estimate of drug-likeness (QED) is 0.539. The maximum Gasteiger partial charge on any atom is 0.261 e. The van der Waals surface area contributed by atoms with Crippen molar-refractivity contribution in [3.05, 3.63) is 83.7 Å². The fourth-order valence-corrected chi connectivity index (χ4v) is 3.16. The molecule has 0 aliphatic carbocycles. The highest BCUT2D eigenvalue weighted by atomic mass is 19.1. The van der Waals surface area contributed by atoms with Gasteiger partial charge in [0, 0.05) is 18.0 Å². The van der Waals surface area contributed by atoms with Gasteiger partial charge in [-0.2, -0.15) is 0 Å². The van der Waals surface area contributed by atoms with E-state index in [1.165, 1.54) is 13.2 Å². The molecule has 4 rings (SSSR count). The van der Waals surface area contributed by atoms with Crippen molar-refractivity contribution >= 4 is 17.2 Å². The van der Waals surface area contributed by atoms with Gasteiger partial charge in [-0.05, 0) is 48.9 Å².